The summed E-state index contributed by atoms with van der Waals surface area (Å²) in [5.74, 6) is -0.847. The third kappa shape index (κ3) is 3.43. The molecule has 0 fully saturated rings. The number of carbonyl (C=O) groups is 2. The molecule has 1 unspecified atom stereocenters. The van der Waals surface area contributed by atoms with Crippen molar-refractivity contribution in [2.45, 2.75) is 19.9 Å². The van der Waals surface area contributed by atoms with E-state index in [2.05, 4.69) is 4.98 Å². The number of aromatic nitrogens is 1. The molecule has 0 saturated carbocycles. The molecule has 2 N–H and O–H groups in total. The quantitative estimate of drug-likeness (QED) is 0.819. The molecule has 0 radical (unpaired) electrons. The molecule has 6 heteroatoms. The molecule has 0 spiro atoms. The van der Waals surface area contributed by atoms with E-state index in [0.717, 1.165) is 0 Å². The van der Waals surface area contributed by atoms with Crippen LogP contribution in [0.3, 0.4) is 0 Å². The molecule has 0 aliphatic carbocycles. The van der Waals surface area contributed by atoms with Crippen molar-refractivity contribution in [2.75, 3.05) is 19.9 Å². The molecular weight excluding hydrogens is 246 g/mol. The van der Waals surface area contributed by atoms with Crippen LogP contribution in [0.4, 0.5) is 5.69 Å². The van der Waals surface area contributed by atoms with Gasteiger partial charge in [0.2, 0.25) is 0 Å². The van der Waals surface area contributed by atoms with Crippen molar-refractivity contribution in [3.63, 3.8) is 0 Å². The standard InChI is InChI=1S/C13H19N3O3/c1-8(2)11(13(18)19-4)16(3)12(17)10-6-5-9(14)7-15-10/h5-8,11H,14H2,1-4H3. The van der Waals surface area contributed by atoms with Crippen LogP contribution in [-0.2, 0) is 9.53 Å². The van der Waals surface area contributed by atoms with E-state index in [9.17, 15) is 9.59 Å². The normalized spacial score (nSPS) is 12.1. The van der Waals surface area contributed by atoms with Crippen molar-refractivity contribution < 1.29 is 14.3 Å². The molecule has 1 amide bonds. The lowest BCUT2D eigenvalue weighted by Crippen LogP contribution is -2.46. The Balaban J connectivity index is 2.96. The zero-order valence-electron chi connectivity index (χ0n) is 11.6. The van der Waals surface area contributed by atoms with E-state index in [4.69, 9.17) is 10.5 Å². The second-order valence-electron chi connectivity index (χ2n) is 4.60. The zero-order chi connectivity index (χ0) is 14.6. The molecule has 1 heterocycles. The molecule has 1 atom stereocenters. The van der Waals surface area contributed by atoms with Gasteiger partial charge in [0, 0.05) is 7.05 Å². The molecule has 1 aromatic heterocycles. The fourth-order valence-electron chi connectivity index (χ4n) is 1.84. The number of ether oxygens (including phenoxy) is 1. The van der Waals surface area contributed by atoms with Crippen molar-refractivity contribution in [1.29, 1.82) is 0 Å². The average molecular weight is 265 g/mol. The molecule has 0 aromatic carbocycles. The van der Waals surface area contributed by atoms with Crippen LogP contribution in [-0.4, -0.2) is 42.0 Å². The van der Waals surface area contributed by atoms with E-state index >= 15 is 0 Å². The van der Waals surface area contributed by atoms with Gasteiger partial charge in [-0.05, 0) is 18.1 Å². The lowest BCUT2D eigenvalue weighted by Gasteiger charge is -2.28. The molecule has 6 nitrogen and oxygen atoms in total. The Morgan fingerprint density at radius 1 is 1.37 bits per heavy atom. The minimum Gasteiger partial charge on any atom is -0.467 e. The molecule has 0 saturated heterocycles. The molecule has 1 aromatic rings. The number of pyridine rings is 1. The summed E-state index contributed by atoms with van der Waals surface area (Å²) >= 11 is 0. The van der Waals surface area contributed by atoms with Crippen molar-refractivity contribution >= 4 is 17.6 Å². The number of rotatable bonds is 4. The van der Waals surface area contributed by atoms with Gasteiger partial charge in [-0.1, -0.05) is 13.8 Å². The Kier molecular flexibility index (Phi) is 4.86. The largest absolute Gasteiger partial charge is 0.467 e. The number of carbonyl (C=O) groups excluding carboxylic acids is 2. The summed E-state index contributed by atoms with van der Waals surface area (Å²) in [6.07, 6.45) is 1.41. The number of esters is 1. The average Bonchev–Trinajstić information content (AvgIpc) is 2.38. The first-order valence-electron chi connectivity index (χ1n) is 5.95. The molecule has 0 aliphatic rings. The monoisotopic (exact) mass is 265 g/mol. The van der Waals surface area contributed by atoms with Crippen LogP contribution in [0, 0.1) is 5.92 Å². The number of hydrogen-bond acceptors (Lipinski definition) is 5. The van der Waals surface area contributed by atoms with Gasteiger partial charge in [-0.2, -0.15) is 0 Å². The van der Waals surface area contributed by atoms with Gasteiger partial charge in [0.25, 0.3) is 5.91 Å². The van der Waals surface area contributed by atoms with Gasteiger partial charge in [0.05, 0.1) is 19.0 Å². The van der Waals surface area contributed by atoms with Gasteiger partial charge >= 0.3 is 5.97 Å². The molecule has 19 heavy (non-hydrogen) atoms. The van der Waals surface area contributed by atoms with Gasteiger partial charge < -0.3 is 15.4 Å². The smallest absolute Gasteiger partial charge is 0.328 e. The molecule has 104 valence electrons. The van der Waals surface area contributed by atoms with Crippen LogP contribution < -0.4 is 5.73 Å². The highest BCUT2D eigenvalue weighted by Crippen LogP contribution is 2.14. The van der Waals surface area contributed by atoms with Gasteiger partial charge in [0.15, 0.2) is 0 Å². The van der Waals surface area contributed by atoms with Crippen LogP contribution in [0.2, 0.25) is 0 Å². The maximum absolute atomic E-state index is 12.2. The molecule has 1 rings (SSSR count). The Morgan fingerprint density at radius 3 is 2.42 bits per heavy atom. The van der Waals surface area contributed by atoms with Crippen molar-refractivity contribution in [1.82, 2.24) is 9.88 Å². The number of nitrogen functional groups attached to an aromatic ring is 1. The van der Waals surface area contributed by atoms with Gasteiger partial charge in [-0.3, -0.25) is 4.79 Å². The van der Waals surface area contributed by atoms with Crippen LogP contribution in [0.1, 0.15) is 24.3 Å². The molecule has 0 aliphatic heterocycles. The molecular formula is C13H19N3O3. The summed E-state index contributed by atoms with van der Waals surface area (Å²) in [5.41, 5.74) is 6.24. The maximum atomic E-state index is 12.2. The van der Waals surface area contributed by atoms with Crippen molar-refractivity contribution in [3.05, 3.63) is 24.0 Å². The number of anilines is 1. The Morgan fingerprint density at radius 2 is 2.00 bits per heavy atom. The van der Waals surface area contributed by atoms with E-state index in [1.165, 1.54) is 24.3 Å². The maximum Gasteiger partial charge on any atom is 0.328 e. The second-order valence-corrected chi connectivity index (χ2v) is 4.60. The van der Waals surface area contributed by atoms with E-state index in [-0.39, 0.29) is 17.5 Å². The van der Waals surface area contributed by atoms with E-state index < -0.39 is 12.0 Å². The Labute approximate surface area is 112 Å². The number of hydrogen-bond donors (Lipinski definition) is 1. The van der Waals surface area contributed by atoms with Gasteiger partial charge in [-0.15, -0.1) is 0 Å². The number of nitrogens with zero attached hydrogens (tertiary/aromatic N) is 2. The number of amides is 1. The first-order chi connectivity index (χ1) is 8.88. The summed E-state index contributed by atoms with van der Waals surface area (Å²) in [6, 6.07) is 2.48. The highest BCUT2D eigenvalue weighted by atomic mass is 16.5. The summed E-state index contributed by atoms with van der Waals surface area (Å²) in [5, 5.41) is 0. The molecule has 0 bridgehead atoms. The van der Waals surface area contributed by atoms with Crippen molar-refractivity contribution in [3.8, 4) is 0 Å². The van der Waals surface area contributed by atoms with Crippen LogP contribution >= 0.6 is 0 Å². The minimum absolute atomic E-state index is 0.0600. The Bertz CT molecular complexity index is 457. The fourth-order valence-corrected chi connectivity index (χ4v) is 1.84. The summed E-state index contributed by atoms with van der Waals surface area (Å²) in [6.45, 7) is 3.70. The lowest BCUT2D eigenvalue weighted by atomic mass is 10.0. The van der Waals surface area contributed by atoms with Crippen LogP contribution in [0.25, 0.3) is 0 Å². The van der Waals surface area contributed by atoms with Gasteiger partial charge in [0.1, 0.15) is 11.7 Å². The predicted molar refractivity (Wildman–Crippen MR) is 71.4 cm³/mol. The first kappa shape index (κ1) is 14.9. The zero-order valence-corrected chi connectivity index (χ0v) is 11.6. The number of methoxy groups -OCH3 is 1. The van der Waals surface area contributed by atoms with Crippen LogP contribution in [0.15, 0.2) is 18.3 Å². The second kappa shape index (κ2) is 6.17. The topological polar surface area (TPSA) is 85.5 Å². The number of likely N-dealkylation sites (N-methyl/N-ethyl adjacent to an activating group) is 1. The lowest BCUT2D eigenvalue weighted by molar-refractivity contribution is -0.147. The number of nitrogens with two attached hydrogens (primary N) is 1. The highest BCUT2D eigenvalue weighted by Gasteiger charge is 2.31. The van der Waals surface area contributed by atoms with E-state index in [1.807, 2.05) is 13.8 Å². The van der Waals surface area contributed by atoms with Gasteiger partial charge in [-0.25, -0.2) is 9.78 Å². The van der Waals surface area contributed by atoms with E-state index in [0.29, 0.717) is 5.69 Å². The summed E-state index contributed by atoms with van der Waals surface area (Å²) in [4.78, 5) is 29.3. The summed E-state index contributed by atoms with van der Waals surface area (Å²) in [7, 11) is 2.86. The fraction of sp³-hybridized carbons (Fsp3) is 0.462. The van der Waals surface area contributed by atoms with Crippen molar-refractivity contribution in [2.24, 2.45) is 5.92 Å². The first-order valence-corrected chi connectivity index (χ1v) is 5.95. The highest BCUT2D eigenvalue weighted by molar-refractivity contribution is 5.95. The Hall–Kier alpha value is -2.11. The van der Waals surface area contributed by atoms with Crippen LogP contribution in [0.5, 0.6) is 0 Å². The summed E-state index contributed by atoms with van der Waals surface area (Å²) < 4.78 is 4.73. The van der Waals surface area contributed by atoms with E-state index in [1.54, 1.807) is 13.1 Å². The minimum atomic E-state index is -0.642. The third-order valence-electron chi connectivity index (χ3n) is 2.82. The SMILES string of the molecule is COC(=O)C(C(C)C)N(C)C(=O)c1ccc(N)cn1. The third-order valence-corrected chi connectivity index (χ3v) is 2.82. The predicted octanol–water partition coefficient (Wildman–Crippen LogP) is 0.933.